The first kappa shape index (κ1) is 20.7. The van der Waals surface area contributed by atoms with Gasteiger partial charge >= 0.3 is 0 Å². The lowest BCUT2D eigenvalue weighted by atomic mass is 9.96. The summed E-state index contributed by atoms with van der Waals surface area (Å²) in [5, 5.41) is 7.07. The first-order valence-corrected chi connectivity index (χ1v) is 11.2. The van der Waals surface area contributed by atoms with Crippen LogP contribution in [0.2, 0.25) is 0 Å². The van der Waals surface area contributed by atoms with E-state index in [9.17, 15) is 0 Å². The quantitative estimate of drug-likeness (QED) is 0.400. The monoisotopic (exact) mass is 407 g/mol. The van der Waals surface area contributed by atoms with Gasteiger partial charge in [-0.05, 0) is 50.3 Å². The Balaban J connectivity index is 1.28. The molecular formula is C24H33N5O. The van der Waals surface area contributed by atoms with Crippen LogP contribution in [0.25, 0.3) is 0 Å². The zero-order chi connectivity index (χ0) is 20.6. The highest BCUT2D eigenvalue weighted by Crippen LogP contribution is 2.36. The van der Waals surface area contributed by atoms with Crippen molar-refractivity contribution in [2.75, 3.05) is 19.7 Å². The molecule has 0 aliphatic carbocycles. The topological polar surface area (TPSA) is 61.8 Å². The summed E-state index contributed by atoms with van der Waals surface area (Å²) in [6.45, 7) is 5.19. The molecule has 0 radical (unpaired) electrons. The largest absolute Gasteiger partial charge is 0.490 e. The number of ether oxygens (including phenoxy) is 1. The van der Waals surface area contributed by atoms with Crippen molar-refractivity contribution in [1.29, 1.82) is 0 Å². The Bertz CT molecular complexity index is 784. The number of rotatable bonds is 8. The summed E-state index contributed by atoms with van der Waals surface area (Å²) in [6.07, 6.45) is 8.45. The van der Waals surface area contributed by atoms with Gasteiger partial charge < -0.3 is 15.4 Å². The molecule has 2 aromatic rings. The summed E-state index contributed by atoms with van der Waals surface area (Å²) in [5.41, 5.74) is 1.42. The molecule has 6 nitrogen and oxygen atoms in total. The normalized spacial score (nSPS) is 23.9. The molecule has 3 heterocycles. The summed E-state index contributed by atoms with van der Waals surface area (Å²) >= 11 is 0. The molecule has 0 amide bonds. The van der Waals surface area contributed by atoms with Gasteiger partial charge in [-0.15, -0.1) is 0 Å². The van der Waals surface area contributed by atoms with Gasteiger partial charge in [0.05, 0.1) is 12.7 Å². The minimum absolute atomic E-state index is 0.478. The standard InChI is InChI=1S/C24H33N5O/c1-2-26-24(27-13-14-30-23-9-6-12-25-17-23)28-20-15-21-10-11-22(16-20)29(21)18-19-7-4-3-5-8-19/h3-9,12,17,20-22H,2,10-11,13-16,18H2,1H3,(H2,26,27,28). The average Bonchev–Trinajstić information content (AvgIpc) is 3.00. The summed E-state index contributed by atoms with van der Waals surface area (Å²) in [4.78, 5) is 11.5. The van der Waals surface area contributed by atoms with Crippen molar-refractivity contribution in [3.63, 3.8) is 0 Å². The van der Waals surface area contributed by atoms with Crippen LogP contribution in [-0.2, 0) is 6.54 Å². The minimum atomic E-state index is 0.478. The van der Waals surface area contributed by atoms with Gasteiger partial charge in [0.1, 0.15) is 12.4 Å². The molecule has 2 unspecified atom stereocenters. The third-order valence-corrected chi connectivity index (χ3v) is 6.04. The zero-order valence-corrected chi connectivity index (χ0v) is 17.8. The first-order chi connectivity index (χ1) is 14.8. The number of pyridine rings is 1. The van der Waals surface area contributed by atoms with E-state index in [1.807, 2.05) is 12.1 Å². The summed E-state index contributed by atoms with van der Waals surface area (Å²) in [7, 11) is 0. The van der Waals surface area contributed by atoms with Crippen molar-refractivity contribution in [3.8, 4) is 5.75 Å². The number of hydrogen-bond acceptors (Lipinski definition) is 4. The number of fused-ring (bicyclic) bond motifs is 2. The Morgan fingerprint density at radius 3 is 2.63 bits per heavy atom. The van der Waals surface area contributed by atoms with Crippen LogP contribution in [0.5, 0.6) is 5.75 Å². The highest BCUT2D eigenvalue weighted by Gasteiger charge is 2.40. The Kier molecular flexibility index (Phi) is 7.19. The maximum atomic E-state index is 5.71. The van der Waals surface area contributed by atoms with Crippen LogP contribution in [0.15, 0.2) is 59.9 Å². The number of guanidine groups is 1. The van der Waals surface area contributed by atoms with Gasteiger partial charge in [0.25, 0.3) is 0 Å². The molecule has 2 N–H and O–H groups in total. The van der Waals surface area contributed by atoms with Gasteiger partial charge in [-0.1, -0.05) is 30.3 Å². The first-order valence-electron chi connectivity index (χ1n) is 11.2. The predicted molar refractivity (Wildman–Crippen MR) is 121 cm³/mol. The average molecular weight is 408 g/mol. The van der Waals surface area contributed by atoms with Crippen molar-refractivity contribution in [3.05, 3.63) is 60.4 Å². The molecule has 2 aliphatic heterocycles. The molecule has 0 spiro atoms. The van der Waals surface area contributed by atoms with Crippen LogP contribution in [0.1, 0.15) is 38.2 Å². The molecule has 2 bridgehead atoms. The maximum absolute atomic E-state index is 5.71. The second kappa shape index (κ2) is 10.4. The molecule has 2 fully saturated rings. The fraction of sp³-hybridized carbons (Fsp3) is 0.500. The molecular weight excluding hydrogens is 374 g/mol. The Labute approximate surface area is 179 Å². The third-order valence-electron chi connectivity index (χ3n) is 6.04. The lowest BCUT2D eigenvalue weighted by Crippen LogP contribution is -2.52. The SMILES string of the molecule is CCNC(=NCCOc1cccnc1)NC1CC2CCC(C1)N2Cc1ccccc1. The van der Waals surface area contributed by atoms with Crippen LogP contribution in [0, 0.1) is 0 Å². The van der Waals surface area contributed by atoms with Crippen LogP contribution in [0.3, 0.4) is 0 Å². The van der Waals surface area contributed by atoms with Crippen LogP contribution in [-0.4, -0.2) is 53.7 Å². The van der Waals surface area contributed by atoms with Crippen LogP contribution < -0.4 is 15.4 Å². The van der Waals surface area contributed by atoms with E-state index >= 15 is 0 Å². The van der Waals surface area contributed by atoms with Gasteiger partial charge in [-0.2, -0.15) is 0 Å². The second-order valence-corrected chi connectivity index (χ2v) is 8.15. The molecule has 160 valence electrons. The molecule has 1 aromatic carbocycles. The highest BCUT2D eigenvalue weighted by molar-refractivity contribution is 5.80. The van der Waals surface area contributed by atoms with Crippen molar-refractivity contribution in [2.24, 2.45) is 4.99 Å². The summed E-state index contributed by atoms with van der Waals surface area (Å²) < 4.78 is 5.71. The fourth-order valence-corrected chi connectivity index (χ4v) is 4.71. The molecule has 30 heavy (non-hydrogen) atoms. The van der Waals surface area contributed by atoms with Gasteiger partial charge in [0, 0.05) is 37.4 Å². The second-order valence-electron chi connectivity index (χ2n) is 8.15. The minimum Gasteiger partial charge on any atom is -0.490 e. The maximum Gasteiger partial charge on any atom is 0.191 e. The van der Waals surface area contributed by atoms with Crippen LogP contribution in [0.4, 0.5) is 0 Å². The molecule has 6 heteroatoms. The zero-order valence-electron chi connectivity index (χ0n) is 17.8. The Morgan fingerprint density at radius 2 is 1.93 bits per heavy atom. The fourth-order valence-electron chi connectivity index (χ4n) is 4.71. The summed E-state index contributed by atoms with van der Waals surface area (Å²) in [6, 6.07) is 16.5. The van der Waals surface area contributed by atoms with E-state index in [4.69, 9.17) is 9.73 Å². The van der Waals surface area contributed by atoms with Gasteiger partial charge in [0.15, 0.2) is 5.96 Å². The molecule has 2 aliphatic rings. The van der Waals surface area contributed by atoms with Crippen molar-refractivity contribution in [1.82, 2.24) is 20.5 Å². The number of aromatic nitrogens is 1. The Morgan fingerprint density at radius 1 is 1.13 bits per heavy atom. The van der Waals surface area contributed by atoms with E-state index in [1.165, 1.54) is 31.2 Å². The lowest BCUT2D eigenvalue weighted by Gasteiger charge is -2.39. The van der Waals surface area contributed by atoms with Gasteiger partial charge in [-0.3, -0.25) is 9.88 Å². The van der Waals surface area contributed by atoms with E-state index in [1.54, 1.807) is 12.4 Å². The third kappa shape index (κ3) is 5.51. The summed E-state index contributed by atoms with van der Waals surface area (Å²) in [5.74, 6) is 1.68. The predicted octanol–water partition coefficient (Wildman–Crippen LogP) is 3.21. The van der Waals surface area contributed by atoms with E-state index in [0.29, 0.717) is 31.3 Å². The smallest absolute Gasteiger partial charge is 0.191 e. The number of benzene rings is 1. The molecule has 2 atom stereocenters. The number of aliphatic imine (C=N–C) groups is 1. The van der Waals surface area contributed by atoms with Crippen molar-refractivity contribution < 1.29 is 4.74 Å². The number of piperidine rings is 1. The number of hydrogen-bond donors (Lipinski definition) is 2. The van der Waals surface area contributed by atoms with Crippen molar-refractivity contribution >= 4 is 5.96 Å². The van der Waals surface area contributed by atoms with Crippen LogP contribution >= 0.6 is 0 Å². The highest BCUT2D eigenvalue weighted by atomic mass is 16.5. The van der Waals surface area contributed by atoms with Gasteiger partial charge in [0.2, 0.25) is 0 Å². The molecule has 2 saturated heterocycles. The van der Waals surface area contributed by atoms with Gasteiger partial charge in [-0.25, -0.2) is 4.99 Å². The molecule has 0 saturated carbocycles. The van der Waals surface area contributed by atoms with E-state index < -0.39 is 0 Å². The molecule has 4 rings (SSSR count). The molecule has 1 aromatic heterocycles. The number of nitrogens with one attached hydrogen (secondary N) is 2. The number of nitrogens with zero attached hydrogens (tertiary/aromatic N) is 3. The lowest BCUT2D eigenvalue weighted by molar-refractivity contribution is 0.114. The van der Waals surface area contributed by atoms with E-state index in [-0.39, 0.29) is 0 Å². The Hall–Kier alpha value is -2.60. The van der Waals surface area contributed by atoms with Crippen molar-refractivity contribution in [2.45, 2.75) is 57.3 Å². The van der Waals surface area contributed by atoms with E-state index in [0.717, 1.165) is 24.8 Å². The van der Waals surface area contributed by atoms with E-state index in [2.05, 4.69) is 57.8 Å².